The highest BCUT2D eigenvalue weighted by atomic mass is 16.5. The van der Waals surface area contributed by atoms with E-state index in [9.17, 15) is 4.79 Å². The highest BCUT2D eigenvalue weighted by molar-refractivity contribution is 6.09. The largest absolute Gasteiger partial charge is 0.497 e. The first kappa shape index (κ1) is 19.4. The number of rotatable bonds is 3. The van der Waals surface area contributed by atoms with Crippen molar-refractivity contribution in [2.24, 2.45) is 0 Å². The molecule has 156 valence electrons. The number of likely N-dealkylation sites (N-methyl/N-ethyl adjacent to an activating group) is 1. The van der Waals surface area contributed by atoms with E-state index >= 15 is 0 Å². The maximum absolute atomic E-state index is 13.1. The zero-order valence-corrected chi connectivity index (χ0v) is 18.2. The van der Waals surface area contributed by atoms with Crippen LogP contribution in [0.25, 0.3) is 6.08 Å². The normalized spacial score (nSPS) is 20.2. The minimum absolute atomic E-state index is 0.0281. The van der Waals surface area contributed by atoms with E-state index in [0.29, 0.717) is 11.1 Å². The van der Waals surface area contributed by atoms with Crippen molar-refractivity contribution in [2.75, 3.05) is 19.1 Å². The van der Waals surface area contributed by atoms with E-state index in [0.717, 1.165) is 28.3 Å². The molecular formula is C27H25NO3. The molecule has 0 saturated carbocycles. The van der Waals surface area contributed by atoms with Crippen molar-refractivity contribution >= 4 is 17.5 Å². The van der Waals surface area contributed by atoms with E-state index in [-0.39, 0.29) is 5.78 Å². The molecular weight excluding hydrogens is 386 g/mol. The minimum atomic E-state index is -0.689. The van der Waals surface area contributed by atoms with Gasteiger partial charge in [-0.2, -0.15) is 0 Å². The average molecular weight is 412 g/mol. The summed E-state index contributed by atoms with van der Waals surface area (Å²) in [5.41, 5.74) is 3.45. The van der Waals surface area contributed by atoms with Gasteiger partial charge in [0.05, 0.1) is 12.5 Å². The summed E-state index contributed by atoms with van der Waals surface area (Å²) in [5, 5.41) is 0. The van der Waals surface area contributed by atoms with Crippen LogP contribution in [-0.2, 0) is 5.41 Å². The number of carbonyl (C=O) groups is 1. The van der Waals surface area contributed by atoms with Gasteiger partial charge in [0.25, 0.3) is 0 Å². The number of nitrogens with zero attached hydrogens (tertiary/aromatic N) is 1. The van der Waals surface area contributed by atoms with Crippen molar-refractivity contribution < 1.29 is 14.3 Å². The van der Waals surface area contributed by atoms with Crippen LogP contribution < -0.4 is 14.4 Å². The van der Waals surface area contributed by atoms with Crippen LogP contribution in [0.2, 0.25) is 0 Å². The Morgan fingerprint density at radius 3 is 2.48 bits per heavy atom. The number of benzene rings is 3. The fourth-order valence-corrected chi connectivity index (χ4v) is 4.81. The molecule has 1 unspecified atom stereocenters. The van der Waals surface area contributed by atoms with Gasteiger partial charge in [-0.3, -0.25) is 4.79 Å². The molecule has 0 aromatic heterocycles. The third-order valence-electron chi connectivity index (χ3n) is 6.69. The third-order valence-corrected chi connectivity index (χ3v) is 6.69. The zero-order chi connectivity index (χ0) is 21.8. The summed E-state index contributed by atoms with van der Waals surface area (Å²) >= 11 is 0. The van der Waals surface area contributed by atoms with Gasteiger partial charge in [-0.05, 0) is 68.0 Å². The lowest BCUT2D eigenvalue weighted by molar-refractivity contribution is 0.0581. The van der Waals surface area contributed by atoms with Gasteiger partial charge in [-0.25, -0.2) is 0 Å². The summed E-state index contributed by atoms with van der Waals surface area (Å²) in [5.74, 6) is 1.64. The molecule has 5 rings (SSSR count). The van der Waals surface area contributed by atoms with Gasteiger partial charge in [0, 0.05) is 29.4 Å². The maximum Gasteiger partial charge on any atom is 0.211 e. The predicted molar refractivity (Wildman–Crippen MR) is 123 cm³/mol. The number of anilines is 1. The number of methoxy groups -OCH3 is 1. The Morgan fingerprint density at radius 2 is 1.74 bits per heavy atom. The first-order valence-electron chi connectivity index (χ1n) is 10.4. The first-order chi connectivity index (χ1) is 14.9. The van der Waals surface area contributed by atoms with Crippen LogP contribution in [0.15, 0.2) is 72.8 Å². The SMILES string of the molecule is COc1ccc2c(c1)C=CC1(O2)N(C)c2ccc(C(=O)c3ccccc3)cc2C1(C)C. The van der Waals surface area contributed by atoms with Crippen molar-refractivity contribution in [2.45, 2.75) is 25.0 Å². The van der Waals surface area contributed by atoms with E-state index < -0.39 is 11.1 Å². The number of ketones is 1. The lowest BCUT2D eigenvalue weighted by Gasteiger charge is -2.45. The van der Waals surface area contributed by atoms with E-state index in [1.54, 1.807) is 7.11 Å². The first-order valence-corrected chi connectivity index (χ1v) is 10.4. The van der Waals surface area contributed by atoms with Crippen LogP contribution in [0.1, 0.15) is 40.9 Å². The van der Waals surface area contributed by atoms with Crippen molar-refractivity contribution in [1.29, 1.82) is 0 Å². The van der Waals surface area contributed by atoms with Crippen molar-refractivity contribution in [3.8, 4) is 11.5 Å². The summed E-state index contributed by atoms with van der Waals surface area (Å²) < 4.78 is 12.0. The maximum atomic E-state index is 13.1. The van der Waals surface area contributed by atoms with E-state index in [4.69, 9.17) is 9.47 Å². The monoisotopic (exact) mass is 411 g/mol. The number of ether oxygens (including phenoxy) is 2. The summed E-state index contributed by atoms with van der Waals surface area (Å²) in [7, 11) is 3.71. The van der Waals surface area contributed by atoms with Gasteiger partial charge in [-0.15, -0.1) is 0 Å². The average Bonchev–Trinajstić information content (AvgIpc) is 2.96. The predicted octanol–water partition coefficient (Wildman–Crippen LogP) is 5.46. The molecule has 0 radical (unpaired) electrons. The molecule has 0 bridgehead atoms. The molecule has 0 saturated heterocycles. The Hall–Kier alpha value is -3.53. The Labute approximate surface area is 182 Å². The van der Waals surface area contributed by atoms with Crippen LogP contribution >= 0.6 is 0 Å². The highest BCUT2D eigenvalue weighted by Crippen LogP contribution is 2.54. The van der Waals surface area contributed by atoms with Crippen LogP contribution in [0.4, 0.5) is 5.69 Å². The van der Waals surface area contributed by atoms with Crippen LogP contribution in [0.5, 0.6) is 11.5 Å². The summed E-state index contributed by atoms with van der Waals surface area (Å²) in [4.78, 5) is 15.2. The molecule has 0 amide bonds. The number of fused-ring (bicyclic) bond motifs is 2. The summed E-state index contributed by atoms with van der Waals surface area (Å²) in [6.45, 7) is 4.34. The molecule has 0 fully saturated rings. The van der Waals surface area contributed by atoms with Gasteiger partial charge >= 0.3 is 0 Å². The second-order valence-corrected chi connectivity index (χ2v) is 8.65. The summed E-state index contributed by atoms with van der Waals surface area (Å²) in [6, 6.07) is 21.2. The lowest BCUT2D eigenvalue weighted by Crippen LogP contribution is -2.58. The topological polar surface area (TPSA) is 38.8 Å². The van der Waals surface area contributed by atoms with Crippen molar-refractivity contribution in [1.82, 2.24) is 0 Å². The number of hydrogen-bond donors (Lipinski definition) is 0. The van der Waals surface area contributed by atoms with Crippen molar-refractivity contribution in [3.63, 3.8) is 0 Å². The lowest BCUT2D eigenvalue weighted by atomic mass is 9.76. The second-order valence-electron chi connectivity index (χ2n) is 8.65. The molecule has 2 aliphatic rings. The molecule has 4 heteroatoms. The molecule has 3 aromatic rings. The van der Waals surface area contributed by atoms with Crippen molar-refractivity contribution in [3.05, 3.63) is 95.1 Å². The van der Waals surface area contributed by atoms with E-state index in [2.05, 4.69) is 30.9 Å². The fourth-order valence-electron chi connectivity index (χ4n) is 4.81. The quantitative estimate of drug-likeness (QED) is 0.537. The van der Waals surface area contributed by atoms with Crippen LogP contribution in [-0.4, -0.2) is 25.7 Å². The molecule has 0 aliphatic carbocycles. The van der Waals surface area contributed by atoms with Crippen LogP contribution in [0.3, 0.4) is 0 Å². The third kappa shape index (κ3) is 2.71. The number of hydrogen-bond acceptors (Lipinski definition) is 4. The van der Waals surface area contributed by atoms with E-state index in [1.807, 2.05) is 73.8 Å². The van der Waals surface area contributed by atoms with Gasteiger partial charge in [0.15, 0.2) is 5.78 Å². The zero-order valence-electron chi connectivity index (χ0n) is 18.2. The highest BCUT2D eigenvalue weighted by Gasteiger charge is 2.57. The smallest absolute Gasteiger partial charge is 0.211 e. The van der Waals surface area contributed by atoms with Gasteiger partial charge < -0.3 is 14.4 Å². The van der Waals surface area contributed by atoms with Gasteiger partial charge in [0.1, 0.15) is 11.5 Å². The van der Waals surface area contributed by atoms with Crippen LogP contribution in [0, 0.1) is 0 Å². The molecule has 1 spiro atoms. The molecule has 4 nitrogen and oxygen atoms in total. The van der Waals surface area contributed by atoms with Gasteiger partial charge in [-0.1, -0.05) is 30.3 Å². The molecule has 2 aliphatic heterocycles. The Balaban J connectivity index is 1.57. The standard InChI is InChI=1S/C27H25NO3/c1-26(2)22-17-20(25(29)18-8-6-5-7-9-18)10-12-23(22)28(3)27(26)15-14-19-16-21(30-4)11-13-24(19)31-27/h5-17H,1-4H3. The molecule has 1 atom stereocenters. The Morgan fingerprint density at radius 1 is 0.968 bits per heavy atom. The second kappa shape index (κ2) is 6.74. The Kier molecular flexibility index (Phi) is 4.23. The molecule has 31 heavy (non-hydrogen) atoms. The molecule has 3 aromatic carbocycles. The minimum Gasteiger partial charge on any atom is -0.497 e. The number of carbonyl (C=O) groups excluding carboxylic acids is 1. The van der Waals surface area contributed by atoms with Gasteiger partial charge in [0.2, 0.25) is 5.72 Å². The fraction of sp³-hybridized carbons (Fsp3) is 0.222. The van der Waals surface area contributed by atoms with E-state index in [1.165, 1.54) is 0 Å². The molecule has 2 heterocycles. The molecule has 0 N–H and O–H groups in total. The Bertz CT molecular complexity index is 1210. The summed E-state index contributed by atoms with van der Waals surface area (Å²) in [6.07, 6.45) is 4.22.